The summed E-state index contributed by atoms with van der Waals surface area (Å²) in [5.74, 6) is 0. The van der Waals surface area contributed by atoms with Crippen LogP contribution in [0, 0.1) is 0 Å². The molecule has 0 amide bonds. The van der Waals surface area contributed by atoms with E-state index in [-0.39, 0.29) is 6.04 Å². The van der Waals surface area contributed by atoms with Crippen LogP contribution in [0.15, 0.2) is 0 Å². The third-order valence-corrected chi connectivity index (χ3v) is 1.49. The average Bonchev–Trinajstić information content (AvgIpc) is 2.24. The van der Waals surface area contributed by atoms with Crippen molar-refractivity contribution < 1.29 is 0 Å². The summed E-state index contributed by atoms with van der Waals surface area (Å²) in [6.45, 7) is 7.59. The summed E-state index contributed by atoms with van der Waals surface area (Å²) in [7, 11) is 0. The molecule has 10 N–H and O–H groups in total. The van der Waals surface area contributed by atoms with Crippen LogP contribution in [0.3, 0.4) is 0 Å². The molecule has 6 heteroatoms. The van der Waals surface area contributed by atoms with Gasteiger partial charge in [-0.1, -0.05) is 0 Å². The second-order valence-corrected chi connectivity index (χ2v) is 3.29. The van der Waals surface area contributed by atoms with Gasteiger partial charge in [-0.15, -0.1) is 0 Å². The monoisotopic (exact) mass is 220 g/mol. The Kier molecular flexibility index (Phi) is 18.5. The smallest absolute Gasteiger partial charge is 0.0134 e. The molecule has 6 nitrogen and oxygen atoms in total. The molecule has 0 aliphatic heterocycles. The third kappa shape index (κ3) is 24.8. The van der Waals surface area contributed by atoms with Gasteiger partial charge in [0.1, 0.15) is 0 Å². The summed E-state index contributed by atoms with van der Waals surface area (Å²) in [6.07, 6.45) is 0. The van der Waals surface area contributed by atoms with Gasteiger partial charge in [0.15, 0.2) is 0 Å². The molecule has 0 aromatic carbocycles. The average molecular weight is 220 g/mol. The highest BCUT2D eigenvalue weighted by Gasteiger charge is 1.83. The maximum absolute atomic E-state index is 5.27. The molecule has 0 aliphatic rings. The number of hydrogen-bond donors (Lipinski definition) is 6. The van der Waals surface area contributed by atoms with E-state index < -0.39 is 0 Å². The third-order valence-electron chi connectivity index (χ3n) is 1.49. The van der Waals surface area contributed by atoms with Crippen LogP contribution in [-0.4, -0.2) is 51.9 Å². The Balaban J connectivity index is 0. The molecule has 0 saturated carbocycles. The summed E-state index contributed by atoms with van der Waals surface area (Å²) < 4.78 is 0. The highest BCUT2D eigenvalue weighted by Crippen LogP contribution is 1.59. The first-order valence-electron chi connectivity index (χ1n) is 5.46. The van der Waals surface area contributed by atoms with Crippen molar-refractivity contribution in [1.29, 1.82) is 0 Å². The maximum atomic E-state index is 5.27. The number of nitrogens with one attached hydrogen (secondary N) is 2. The zero-order valence-corrected chi connectivity index (χ0v) is 9.84. The molecule has 0 heterocycles. The lowest BCUT2D eigenvalue weighted by molar-refractivity contribution is 0.618. The molecule has 15 heavy (non-hydrogen) atoms. The van der Waals surface area contributed by atoms with Crippen LogP contribution in [0.25, 0.3) is 0 Å². The Bertz CT molecular complexity index is 90.6. The second-order valence-electron chi connectivity index (χ2n) is 3.29. The molecule has 1 atom stereocenters. The first-order valence-corrected chi connectivity index (χ1v) is 5.46. The van der Waals surface area contributed by atoms with Gasteiger partial charge in [0, 0.05) is 51.9 Å². The molecule has 0 spiro atoms. The molecule has 0 aromatic heterocycles. The number of hydrogen-bond acceptors (Lipinski definition) is 6. The van der Waals surface area contributed by atoms with Gasteiger partial charge in [-0.25, -0.2) is 0 Å². The molecule has 0 aromatic rings. The first kappa shape index (κ1) is 17.2. The van der Waals surface area contributed by atoms with Crippen molar-refractivity contribution in [2.45, 2.75) is 13.0 Å². The highest BCUT2D eigenvalue weighted by atomic mass is 14.9. The van der Waals surface area contributed by atoms with Crippen molar-refractivity contribution in [1.82, 2.24) is 10.6 Å². The van der Waals surface area contributed by atoms with E-state index >= 15 is 0 Å². The SMILES string of the molecule is CC(N)CN.NCCNCCNCCN. The molecule has 0 fully saturated rings. The van der Waals surface area contributed by atoms with E-state index in [0.29, 0.717) is 19.6 Å². The Labute approximate surface area is 93.1 Å². The Morgan fingerprint density at radius 3 is 1.40 bits per heavy atom. The van der Waals surface area contributed by atoms with Crippen LogP contribution in [0.4, 0.5) is 0 Å². The van der Waals surface area contributed by atoms with E-state index in [2.05, 4.69) is 10.6 Å². The van der Waals surface area contributed by atoms with Crippen molar-refractivity contribution in [2.75, 3.05) is 45.8 Å². The molecular formula is C9H28N6. The largest absolute Gasteiger partial charge is 0.329 e. The maximum Gasteiger partial charge on any atom is 0.0134 e. The molecule has 0 saturated heterocycles. The van der Waals surface area contributed by atoms with Gasteiger partial charge < -0.3 is 33.6 Å². The predicted molar refractivity (Wildman–Crippen MR) is 66.6 cm³/mol. The fourth-order valence-electron chi connectivity index (χ4n) is 0.631. The minimum atomic E-state index is 0.162. The first-order chi connectivity index (χ1) is 7.18. The van der Waals surface area contributed by atoms with Crippen molar-refractivity contribution in [2.24, 2.45) is 22.9 Å². The molecule has 0 radical (unpaired) electrons. The summed E-state index contributed by atoms with van der Waals surface area (Å²) in [4.78, 5) is 0. The van der Waals surface area contributed by atoms with Crippen molar-refractivity contribution in [3.8, 4) is 0 Å². The lowest BCUT2D eigenvalue weighted by Gasteiger charge is -2.03. The van der Waals surface area contributed by atoms with Crippen LogP contribution in [-0.2, 0) is 0 Å². The van der Waals surface area contributed by atoms with Gasteiger partial charge in [0.25, 0.3) is 0 Å². The van der Waals surface area contributed by atoms with Crippen molar-refractivity contribution in [3.05, 3.63) is 0 Å². The van der Waals surface area contributed by atoms with Crippen LogP contribution in [0.5, 0.6) is 0 Å². The van der Waals surface area contributed by atoms with E-state index in [1.54, 1.807) is 0 Å². The Morgan fingerprint density at radius 2 is 1.20 bits per heavy atom. The van der Waals surface area contributed by atoms with Gasteiger partial charge in [-0.3, -0.25) is 0 Å². The van der Waals surface area contributed by atoms with E-state index in [1.807, 2.05) is 6.92 Å². The zero-order valence-electron chi connectivity index (χ0n) is 9.84. The van der Waals surface area contributed by atoms with Gasteiger partial charge in [-0.2, -0.15) is 0 Å². The normalized spacial score (nSPS) is 11.8. The van der Waals surface area contributed by atoms with E-state index in [1.165, 1.54) is 0 Å². The summed E-state index contributed by atoms with van der Waals surface area (Å²) >= 11 is 0. The number of rotatable bonds is 8. The fraction of sp³-hybridized carbons (Fsp3) is 1.00. The van der Waals surface area contributed by atoms with Crippen LogP contribution in [0.2, 0.25) is 0 Å². The molecule has 0 aliphatic carbocycles. The van der Waals surface area contributed by atoms with E-state index in [0.717, 1.165) is 26.2 Å². The molecular weight excluding hydrogens is 192 g/mol. The fourth-order valence-corrected chi connectivity index (χ4v) is 0.631. The van der Waals surface area contributed by atoms with E-state index in [4.69, 9.17) is 22.9 Å². The minimum absolute atomic E-state index is 0.162. The highest BCUT2D eigenvalue weighted by molar-refractivity contribution is 4.51. The quantitative estimate of drug-likeness (QED) is 0.248. The standard InChI is InChI=1S/C6H18N4.C3H10N2/c7-1-3-9-5-6-10-4-2-8;1-3(5)2-4/h9-10H,1-8H2;3H,2,4-5H2,1H3. The lowest BCUT2D eigenvalue weighted by atomic mass is 10.4. The lowest BCUT2D eigenvalue weighted by Crippen LogP contribution is -2.32. The van der Waals surface area contributed by atoms with Crippen LogP contribution < -0.4 is 33.6 Å². The van der Waals surface area contributed by atoms with Crippen molar-refractivity contribution in [3.63, 3.8) is 0 Å². The van der Waals surface area contributed by atoms with Crippen molar-refractivity contribution >= 4 is 0 Å². The van der Waals surface area contributed by atoms with Crippen LogP contribution in [0.1, 0.15) is 6.92 Å². The summed E-state index contributed by atoms with van der Waals surface area (Å²) in [5, 5.41) is 6.33. The molecule has 0 bridgehead atoms. The van der Waals surface area contributed by atoms with Crippen LogP contribution >= 0.6 is 0 Å². The zero-order chi connectivity index (χ0) is 11.9. The molecule has 0 rings (SSSR count). The molecule has 1 unspecified atom stereocenters. The summed E-state index contributed by atoms with van der Waals surface area (Å²) in [6, 6.07) is 0.162. The predicted octanol–water partition coefficient (Wildman–Crippen LogP) is -2.62. The minimum Gasteiger partial charge on any atom is -0.329 e. The van der Waals surface area contributed by atoms with Gasteiger partial charge in [-0.05, 0) is 6.92 Å². The second kappa shape index (κ2) is 16.2. The van der Waals surface area contributed by atoms with E-state index in [9.17, 15) is 0 Å². The Hall–Kier alpha value is -0.240. The van der Waals surface area contributed by atoms with Gasteiger partial charge in [0.05, 0.1) is 0 Å². The van der Waals surface area contributed by atoms with Gasteiger partial charge >= 0.3 is 0 Å². The number of nitrogens with two attached hydrogens (primary N) is 4. The summed E-state index contributed by atoms with van der Waals surface area (Å²) in [5.41, 5.74) is 20.7. The van der Waals surface area contributed by atoms with Gasteiger partial charge in [0.2, 0.25) is 0 Å². The Morgan fingerprint density at radius 1 is 0.867 bits per heavy atom. The topological polar surface area (TPSA) is 128 Å². The molecule has 94 valence electrons.